The third-order valence-corrected chi connectivity index (χ3v) is 6.66. The van der Waals surface area contributed by atoms with Gasteiger partial charge in [-0.3, -0.25) is 0 Å². The highest BCUT2D eigenvalue weighted by molar-refractivity contribution is 14.0. The molecule has 0 aliphatic carbocycles. The highest BCUT2D eigenvalue weighted by Crippen LogP contribution is 2.18. The Bertz CT molecular complexity index is 710. The van der Waals surface area contributed by atoms with Crippen LogP contribution in [0.5, 0.6) is 0 Å². The summed E-state index contributed by atoms with van der Waals surface area (Å²) in [6.07, 6.45) is 3.20. The molecule has 0 amide bonds. The summed E-state index contributed by atoms with van der Waals surface area (Å²) in [4.78, 5) is 4.51. The molecule has 150 valence electrons. The van der Waals surface area contributed by atoms with Crippen LogP contribution in [0.4, 0.5) is 4.39 Å². The van der Waals surface area contributed by atoms with Gasteiger partial charge in [0.25, 0.3) is 0 Å². The first kappa shape index (κ1) is 25.4. The van der Waals surface area contributed by atoms with Crippen molar-refractivity contribution in [2.24, 2.45) is 4.99 Å². The van der Waals surface area contributed by atoms with Crippen molar-refractivity contribution in [3.63, 3.8) is 0 Å². The maximum absolute atomic E-state index is 13.4. The van der Waals surface area contributed by atoms with Crippen molar-refractivity contribution in [3.05, 3.63) is 35.1 Å². The Hall–Kier alpha value is -0.550. The number of thioether (sulfide) groups is 1. The Morgan fingerprint density at radius 1 is 1.27 bits per heavy atom. The summed E-state index contributed by atoms with van der Waals surface area (Å²) in [6, 6.07) is 4.71. The Labute approximate surface area is 177 Å². The van der Waals surface area contributed by atoms with Crippen LogP contribution in [0.15, 0.2) is 23.2 Å². The normalized spacial score (nSPS) is 12.5. The van der Waals surface area contributed by atoms with Crippen molar-refractivity contribution in [2.45, 2.75) is 37.8 Å². The summed E-state index contributed by atoms with van der Waals surface area (Å²) in [5.41, 5.74) is 1.87. The molecule has 9 heteroatoms. The number of nitrogens with one attached hydrogen (secondary N) is 2. The van der Waals surface area contributed by atoms with Crippen LogP contribution >= 0.6 is 35.7 Å². The standard InChI is InChI=1S/C17H28FN3O2S2.HI/c1-6-19-16(21-12-17(2,3)25(5,22)23)20-10-13-7-8-15(18)9-14(13)11-24-4;/h7-9H,6,10-12H2,1-5H3,(H2,19,20,21);1H. The van der Waals surface area contributed by atoms with Crippen molar-refractivity contribution >= 4 is 51.5 Å². The largest absolute Gasteiger partial charge is 0.357 e. The van der Waals surface area contributed by atoms with Crippen molar-refractivity contribution in [3.8, 4) is 0 Å². The first-order valence-electron chi connectivity index (χ1n) is 8.08. The number of hydrogen-bond donors (Lipinski definition) is 2. The van der Waals surface area contributed by atoms with E-state index in [-0.39, 0.29) is 36.3 Å². The van der Waals surface area contributed by atoms with Gasteiger partial charge >= 0.3 is 0 Å². The summed E-state index contributed by atoms with van der Waals surface area (Å²) in [6.45, 7) is 6.59. The fourth-order valence-corrected chi connectivity index (χ4v) is 2.89. The molecule has 1 aromatic carbocycles. The molecular weight excluding hydrogens is 488 g/mol. The van der Waals surface area contributed by atoms with Gasteiger partial charge in [-0.25, -0.2) is 17.8 Å². The van der Waals surface area contributed by atoms with E-state index in [9.17, 15) is 12.8 Å². The monoisotopic (exact) mass is 517 g/mol. The van der Waals surface area contributed by atoms with Gasteiger partial charge in [-0.2, -0.15) is 11.8 Å². The van der Waals surface area contributed by atoms with E-state index in [2.05, 4.69) is 15.6 Å². The molecular formula is C17H29FIN3O2S2. The minimum absolute atomic E-state index is 0. The maximum Gasteiger partial charge on any atom is 0.191 e. The van der Waals surface area contributed by atoms with Gasteiger partial charge in [0.05, 0.1) is 11.3 Å². The molecule has 0 radical (unpaired) electrons. The Morgan fingerprint density at radius 2 is 1.92 bits per heavy atom. The number of benzene rings is 1. The fraction of sp³-hybridized carbons (Fsp3) is 0.588. The zero-order valence-corrected chi connectivity index (χ0v) is 19.9. The quantitative estimate of drug-likeness (QED) is 0.315. The van der Waals surface area contributed by atoms with Crippen LogP contribution in [0.1, 0.15) is 31.9 Å². The molecule has 5 nitrogen and oxygen atoms in total. The van der Waals surface area contributed by atoms with Gasteiger partial charge in [0, 0.05) is 25.1 Å². The molecule has 0 aromatic heterocycles. The second-order valence-electron chi connectivity index (χ2n) is 6.43. The van der Waals surface area contributed by atoms with Crippen LogP contribution < -0.4 is 10.6 Å². The number of guanidine groups is 1. The van der Waals surface area contributed by atoms with Crippen molar-refractivity contribution in [1.29, 1.82) is 0 Å². The summed E-state index contributed by atoms with van der Waals surface area (Å²) in [7, 11) is -3.19. The third kappa shape index (κ3) is 7.99. The van der Waals surface area contributed by atoms with Crippen LogP contribution in [-0.4, -0.2) is 44.7 Å². The predicted octanol–water partition coefficient (Wildman–Crippen LogP) is 3.19. The van der Waals surface area contributed by atoms with E-state index in [4.69, 9.17) is 0 Å². The fourth-order valence-electron chi connectivity index (χ4n) is 1.97. The number of halogens is 2. The molecule has 2 N–H and O–H groups in total. The maximum atomic E-state index is 13.4. The molecule has 1 aromatic rings. The molecule has 0 saturated carbocycles. The molecule has 0 aliphatic rings. The lowest BCUT2D eigenvalue weighted by Gasteiger charge is -2.24. The minimum atomic E-state index is -3.19. The van der Waals surface area contributed by atoms with E-state index < -0.39 is 14.6 Å². The third-order valence-electron chi connectivity index (χ3n) is 3.91. The smallest absolute Gasteiger partial charge is 0.191 e. The second kappa shape index (κ2) is 11.3. The molecule has 0 bridgehead atoms. The summed E-state index contributed by atoms with van der Waals surface area (Å²) < 4.78 is 36.2. The molecule has 26 heavy (non-hydrogen) atoms. The van der Waals surface area contributed by atoms with Gasteiger partial charge in [-0.05, 0) is 50.3 Å². The predicted molar refractivity (Wildman–Crippen MR) is 121 cm³/mol. The first-order valence-corrected chi connectivity index (χ1v) is 11.4. The van der Waals surface area contributed by atoms with E-state index in [0.717, 1.165) is 11.1 Å². The lowest BCUT2D eigenvalue weighted by atomic mass is 10.1. The van der Waals surface area contributed by atoms with Crippen LogP contribution in [0.25, 0.3) is 0 Å². The van der Waals surface area contributed by atoms with E-state index in [0.29, 0.717) is 24.8 Å². The molecule has 0 unspecified atom stereocenters. The zero-order valence-electron chi connectivity index (χ0n) is 15.9. The number of aliphatic imine (C=N–C) groups is 1. The van der Waals surface area contributed by atoms with Gasteiger partial charge in [0.2, 0.25) is 0 Å². The summed E-state index contributed by atoms with van der Waals surface area (Å²) in [5.74, 6) is 1.00. The van der Waals surface area contributed by atoms with Crippen LogP contribution in [0.3, 0.4) is 0 Å². The second-order valence-corrected chi connectivity index (χ2v) is 9.94. The van der Waals surface area contributed by atoms with Crippen LogP contribution in [0, 0.1) is 5.82 Å². The lowest BCUT2D eigenvalue weighted by molar-refractivity contribution is 0.544. The number of nitrogens with zero attached hydrogens (tertiary/aromatic N) is 1. The Kier molecular flexibility index (Phi) is 11.1. The van der Waals surface area contributed by atoms with E-state index in [1.807, 2.05) is 13.2 Å². The van der Waals surface area contributed by atoms with Crippen molar-refractivity contribution in [2.75, 3.05) is 25.6 Å². The minimum Gasteiger partial charge on any atom is -0.357 e. The molecule has 0 atom stereocenters. The number of hydrogen-bond acceptors (Lipinski definition) is 4. The van der Waals surface area contributed by atoms with Gasteiger partial charge in [0.15, 0.2) is 15.8 Å². The first-order chi connectivity index (χ1) is 11.6. The summed E-state index contributed by atoms with van der Waals surface area (Å²) >= 11 is 1.63. The zero-order chi connectivity index (χ0) is 19.1. The molecule has 0 fully saturated rings. The van der Waals surface area contributed by atoms with E-state index in [1.54, 1.807) is 31.7 Å². The van der Waals surface area contributed by atoms with Gasteiger partial charge in [-0.1, -0.05) is 6.07 Å². The topological polar surface area (TPSA) is 70.6 Å². The van der Waals surface area contributed by atoms with Gasteiger partial charge in [0.1, 0.15) is 5.82 Å². The Balaban J connectivity index is 0.00000625. The number of sulfone groups is 1. The van der Waals surface area contributed by atoms with Crippen molar-refractivity contribution in [1.82, 2.24) is 10.6 Å². The highest BCUT2D eigenvalue weighted by Gasteiger charge is 2.30. The van der Waals surface area contributed by atoms with E-state index >= 15 is 0 Å². The number of rotatable bonds is 8. The van der Waals surface area contributed by atoms with Gasteiger partial charge in [-0.15, -0.1) is 24.0 Å². The Morgan fingerprint density at radius 3 is 2.46 bits per heavy atom. The van der Waals surface area contributed by atoms with Crippen LogP contribution in [0.2, 0.25) is 0 Å². The van der Waals surface area contributed by atoms with Gasteiger partial charge < -0.3 is 10.6 Å². The average Bonchev–Trinajstić information content (AvgIpc) is 2.50. The molecule has 1 rings (SSSR count). The average molecular weight is 517 g/mol. The lowest BCUT2D eigenvalue weighted by Crippen LogP contribution is -2.47. The SMILES string of the molecule is CCNC(=NCc1ccc(F)cc1CSC)NCC(C)(C)S(C)(=O)=O.I. The molecule has 0 spiro atoms. The molecule has 0 heterocycles. The molecule has 0 saturated heterocycles. The highest BCUT2D eigenvalue weighted by atomic mass is 127. The molecule has 0 aliphatic heterocycles. The summed E-state index contributed by atoms with van der Waals surface area (Å²) in [5, 5.41) is 6.19. The van der Waals surface area contributed by atoms with Crippen LogP contribution in [-0.2, 0) is 22.1 Å². The van der Waals surface area contributed by atoms with E-state index in [1.165, 1.54) is 18.4 Å². The van der Waals surface area contributed by atoms with Crippen molar-refractivity contribution < 1.29 is 12.8 Å².